The molecule has 180 valence electrons. The van der Waals surface area contributed by atoms with E-state index in [-0.39, 0.29) is 11.6 Å². The van der Waals surface area contributed by atoms with Crippen LogP contribution in [0, 0.1) is 11.3 Å². The summed E-state index contributed by atoms with van der Waals surface area (Å²) in [5.41, 5.74) is 1.60. The van der Waals surface area contributed by atoms with Crippen LogP contribution in [0.3, 0.4) is 0 Å². The summed E-state index contributed by atoms with van der Waals surface area (Å²) in [4.78, 5) is 41.7. The summed E-state index contributed by atoms with van der Waals surface area (Å²) in [5.74, 6) is -4.58. The van der Waals surface area contributed by atoms with Gasteiger partial charge in [-0.3, -0.25) is 14.4 Å². The Hall–Kier alpha value is -3.39. The fraction of sp³-hybridized carbons (Fsp3) is 0.435. The highest BCUT2D eigenvalue weighted by atomic mass is 32.1. The summed E-state index contributed by atoms with van der Waals surface area (Å²) in [7, 11) is 0. The second-order valence-electron chi connectivity index (χ2n) is 8.02. The van der Waals surface area contributed by atoms with Gasteiger partial charge in [-0.1, -0.05) is 25.5 Å². The first kappa shape index (κ1) is 25.2. The minimum absolute atomic E-state index is 0.114. The Morgan fingerprint density at radius 2 is 1.97 bits per heavy atom. The average Bonchev–Trinajstić information content (AvgIpc) is 3.41. The Kier molecular flexibility index (Phi) is 8.28. The minimum atomic E-state index is -3.11. The first-order valence-electron chi connectivity index (χ1n) is 10.9. The molecule has 8 nitrogen and oxygen atoms in total. The van der Waals surface area contributed by atoms with Crippen molar-refractivity contribution < 1.29 is 23.2 Å². The van der Waals surface area contributed by atoms with Crippen LogP contribution in [0.25, 0.3) is 0 Å². The molecule has 3 amide bonds. The summed E-state index contributed by atoms with van der Waals surface area (Å²) in [6, 6.07) is 7.61. The fourth-order valence-corrected chi connectivity index (χ4v) is 4.28. The lowest BCUT2D eigenvalue weighted by Crippen LogP contribution is -2.43. The van der Waals surface area contributed by atoms with Gasteiger partial charge < -0.3 is 15.5 Å². The third-order valence-corrected chi connectivity index (χ3v) is 6.16. The Labute approximate surface area is 200 Å². The van der Waals surface area contributed by atoms with Gasteiger partial charge in [0.05, 0.1) is 24.2 Å². The summed E-state index contributed by atoms with van der Waals surface area (Å²) in [6.45, 7) is 1.36. The molecule has 2 N–H and O–H groups in total. The Bertz CT molecular complexity index is 1080. The zero-order valence-electron chi connectivity index (χ0n) is 18.6. The fourth-order valence-electron chi connectivity index (χ4n) is 3.47. The van der Waals surface area contributed by atoms with Gasteiger partial charge >= 0.3 is 0 Å². The number of rotatable bonds is 9. The van der Waals surface area contributed by atoms with Gasteiger partial charge in [0, 0.05) is 30.3 Å². The molecule has 2 aromatic rings. The molecule has 1 aliphatic rings. The summed E-state index contributed by atoms with van der Waals surface area (Å²) < 4.78 is 27.0. The molecule has 11 heteroatoms. The van der Waals surface area contributed by atoms with E-state index in [1.165, 1.54) is 11.3 Å². The molecular formula is C23H25F2N5O3S. The number of halogens is 2. The number of nitriles is 1. The number of hydrogen-bond acceptors (Lipinski definition) is 6. The molecule has 0 spiro atoms. The number of alkyl halides is 2. The number of benzene rings is 1. The number of hydrogen-bond donors (Lipinski definition) is 2. The van der Waals surface area contributed by atoms with E-state index in [4.69, 9.17) is 5.26 Å². The number of thiazole rings is 1. The number of likely N-dealkylation sites (tertiary alicyclic amines) is 1. The van der Waals surface area contributed by atoms with Crippen LogP contribution in [-0.2, 0) is 11.2 Å². The molecule has 1 aliphatic heterocycles. The van der Waals surface area contributed by atoms with Gasteiger partial charge in [0.1, 0.15) is 11.7 Å². The van der Waals surface area contributed by atoms with Gasteiger partial charge in [0.25, 0.3) is 17.7 Å². The topological polar surface area (TPSA) is 115 Å². The maximum Gasteiger partial charge on any atom is 0.271 e. The van der Waals surface area contributed by atoms with Crippen LogP contribution in [0.2, 0.25) is 0 Å². The predicted octanol–water partition coefficient (Wildman–Crippen LogP) is 2.75. The number of nitrogens with zero attached hydrogens (tertiary/aromatic N) is 3. The van der Waals surface area contributed by atoms with Crippen molar-refractivity contribution in [1.82, 2.24) is 20.5 Å². The monoisotopic (exact) mass is 489 g/mol. The van der Waals surface area contributed by atoms with Crippen molar-refractivity contribution in [3.8, 4) is 6.07 Å². The first-order valence-corrected chi connectivity index (χ1v) is 11.8. The van der Waals surface area contributed by atoms with Crippen molar-refractivity contribution in [2.24, 2.45) is 0 Å². The third kappa shape index (κ3) is 6.57. The minimum Gasteiger partial charge on any atom is -0.352 e. The van der Waals surface area contributed by atoms with E-state index >= 15 is 0 Å². The van der Waals surface area contributed by atoms with Gasteiger partial charge in [-0.25, -0.2) is 13.8 Å². The zero-order chi connectivity index (χ0) is 24.7. The molecule has 1 aromatic carbocycles. The normalized spacial score (nSPS) is 16.6. The van der Waals surface area contributed by atoms with Gasteiger partial charge in [0.15, 0.2) is 0 Å². The summed E-state index contributed by atoms with van der Waals surface area (Å²) in [6.07, 6.45) is 1.68. The highest BCUT2D eigenvalue weighted by Gasteiger charge is 2.47. The zero-order valence-corrected chi connectivity index (χ0v) is 19.5. The quantitative estimate of drug-likeness (QED) is 0.526. The number of aromatic nitrogens is 1. The lowest BCUT2D eigenvalue weighted by atomic mass is 10.1. The lowest BCUT2D eigenvalue weighted by Gasteiger charge is -2.19. The molecule has 1 saturated heterocycles. The third-order valence-electron chi connectivity index (χ3n) is 5.31. The molecule has 0 saturated carbocycles. The van der Waals surface area contributed by atoms with Crippen molar-refractivity contribution in [2.75, 3.05) is 19.6 Å². The molecule has 0 unspecified atom stereocenters. The van der Waals surface area contributed by atoms with Crippen LogP contribution < -0.4 is 10.6 Å². The Morgan fingerprint density at radius 1 is 1.24 bits per heavy atom. The Morgan fingerprint density at radius 3 is 2.65 bits per heavy atom. The maximum absolute atomic E-state index is 13.5. The van der Waals surface area contributed by atoms with E-state index < -0.39 is 43.3 Å². The van der Waals surface area contributed by atoms with Crippen LogP contribution in [-0.4, -0.2) is 59.2 Å². The second-order valence-corrected chi connectivity index (χ2v) is 8.96. The van der Waals surface area contributed by atoms with E-state index in [0.29, 0.717) is 23.5 Å². The highest BCUT2D eigenvalue weighted by Crippen LogP contribution is 2.31. The highest BCUT2D eigenvalue weighted by molar-refractivity contribution is 7.09. The number of carbonyl (C=O) groups is 3. The molecule has 1 fully saturated rings. The number of unbranched alkanes of at least 4 members (excludes halogenated alkanes) is 1. The van der Waals surface area contributed by atoms with Crippen LogP contribution in [0.1, 0.15) is 57.6 Å². The first-order chi connectivity index (χ1) is 16.2. The van der Waals surface area contributed by atoms with E-state index in [2.05, 4.69) is 22.5 Å². The van der Waals surface area contributed by atoms with Crippen molar-refractivity contribution in [1.29, 1.82) is 5.26 Å². The van der Waals surface area contributed by atoms with E-state index in [1.54, 1.807) is 23.6 Å². The maximum atomic E-state index is 13.5. The van der Waals surface area contributed by atoms with Crippen molar-refractivity contribution in [3.05, 3.63) is 51.5 Å². The molecule has 1 aromatic heterocycles. The van der Waals surface area contributed by atoms with E-state index in [9.17, 15) is 23.2 Å². The molecule has 1 atom stereocenters. The second kappa shape index (κ2) is 11.2. The van der Waals surface area contributed by atoms with Crippen LogP contribution >= 0.6 is 11.3 Å². The van der Waals surface area contributed by atoms with Gasteiger partial charge in [-0.2, -0.15) is 5.26 Å². The van der Waals surface area contributed by atoms with Crippen LogP contribution in [0.5, 0.6) is 0 Å². The Balaban J connectivity index is 1.51. The SMILES string of the molecule is CCCCNC(=O)c1ccc(Cc2nc(C(=O)NCC(=O)N3CC(F)(F)C[C@H]3C#N)cs2)cc1. The van der Waals surface area contributed by atoms with Crippen molar-refractivity contribution in [2.45, 2.75) is 44.6 Å². The van der Waals surface area contributed by atoms with E-state index in [0.717, 1.165) is 23.3 Å². The van der Waals surface area contributed by atoms with Crippen molar-refractivity contribution in [3.63, 3.8) is 0 Å². The molecule has 2 heterocycles. The molecule has 3 rings (SSSR count). The van der Waals surface area contributed by atoms with Gasteiger partial charge in [-0.05, 0) is 24.1 Å². The largest absolute Gasteiger partial charge is 0.352 e. The number of carbonyl (C=O) groups excluding carboxylic acids is 3. The smallest absolute Gasteiger partial charge is 0.271 e. The summed E-state index contributed by atoms with van der Waals surface area (Å²) in [5, 5.41) is 16.4. The average molecular weight is 490 g/mol. The molecule has 34 heavy (non-hydrogen) atoms. The number of nitrogens with one attached hydrogen (secondary N) is 2. The molecule has 0 bridgehead atoms. The summed E-state index contributed by atoms with van der Waals surface area (Å²) >= 11 is 1.27. The molecule has 0 radical (unpaired) electrons. The van der Waals surface area contributed by atoms with Crippen LogP contribution in [0.15, 0.2) is 29.6 Å². The standard InChI is InChI=1S/C23H25F2N5O3S/c1-2-3-8-27-21(32)16-6-4-15(5-7-16)9-19-29-18(13-34-19)22(33)28-12-20(31)30-14-23(24,25)10-17(30)11-26/h4-7,13,17H,2-3,8-10,12,14H2,1H3,(H,27,32)(H,28,33)/t17-/m0/s1. The lowest BCUT2D eigenvalue weighted by molar-refractivity contribution is -0.131. The molecular weight excluding hydrogens is 464 g/mol. The van der Waals surface area contributed by atoms with Gasteiger partial charge in [-0.15, -0.1) is 11.3 Å². The van der Waals surface area contributed by atoms with Gasteiger partial charge in [0.2, 0.25) is 5.91 Å². The molecule has 0 aliphatic carbocycles. The number of amides is 3. The van der Waals surface area contributed by atoms with Crippen molar-refractivity contribution >= 4 is 29.1 Å². The predicted molar refractivity (Wildman–Crippen MR) is 122 cm³/mol. The van der Waals surface area contributed by atoms with Crippen LogP contribution in [0.4, 0.5) is 8.78 Å². The van der Waals surface area contributed by atoms with E-state index in [1.807, 2.05) is 12.1 Å².